The van der Waals surface area contributed by atoms with Gasteiger partial charge in [-0.3, -0.25) is 9.59 Å². The molecule has 0 N–H and O–H groups in total. The smallest absolute Gasteiger partial charge is 0.293 e. The number of benzene rings is 1. The lowest BCUT2D eigenvalue weighted by Gasteiger charge is -2.38. The van der Waals surface area contributed by atoms with Crippen molar-refractivity contribution in [1.29, 1.82) is 0 Å². The fourth-order valence-electron chi connectivity index (χ4n) is 5.58. The number of piperidine rings is 1. The number of tetrazole rings is 1. The third kappa shape index (κ3) is 6.80. The van der Waals surface area contributed by atoms with E-state index in [0.717, 1.165) is 68.9 Å². The van der Waals surface area contributed by atoms with E-state index in [4.69, 9.17) is 4.74 Å². The van der Waals surface area contributed by atoms with Crippen LogP contribution in [-0.2, 0) is 27.4 Å². The molecular weight excluding hydrogens is 482 g/mol. The molecule has 2 aromatic heterocycles. The van der Waals surface area contributed by atoms with Crippen molar-refractivity contribution < 1.29 is 14.3 Å². The van der Waals surface area contributed by atoms with Crippen LogP contribution >= 0.6 is 0 Å². The SMILES string of the molecule is Cc1ccc(-n2cnnn2)nc1.Cc1ccc(CCN2CCC3(CCCN(C=O)C3)C2)c(C)c1COC=O. The Morgan fingerprint density at radius 2 is 1.92 bits per heavy atom. The van der Waals surface area contributed by atoms with E-state index in [-0.39, 0.29) is 0 Å². The highest BCUT2D eigenvalue weighted by atomic mass is 16.5. The van der Waals surface area contributed by atoms with E-state index < -0.39 is 0 Å². The first-order valence-corrected chi connectivity index (χ1v) is 13.1. The fraction of sp³-hybridized carbons (Fsp3) is 0.500. The molecule has 2 saturated heterocycles. The highest BCUT2D eigenvalue weighted by Gasteiger charge is 2.40. The summed E-state index contributed by atoms with van der Waals surface area (Å²) in [6.07, 6.45) is 8.88. The average molecular weight is 520 g/mol. The molecule has 0 radical (unpaired) electrons. The molecule has 2 aliphatic rings. The van der Waals surface area contributed by atoms with Crippen LogP contribution in [-0.4, -0.2) is 80.6 Å². The molecule has 38 heavy (non-hydrogen) atoms. The Kier molecular flexibility index (Phi) is 9.17. The fourth-order valence-corrected chi connectivity index (χ4v) is 5.58. The van der Waals surface area contributed by atoms with Crippen molar-refractivity contribution in [1.82, 2.24) is 35.0 Å². The Hall–Kier alpha value is -3.66. The van der Waals surface area contributed by atoms with Crippen LogP contribution in [0.4, 0.5) is 0 Å². The van der Waals surface area contributed by atoms with Crippen LogP contribution in [0.5, 0.6) is 0 Å². The van der Waals surface area contributed by atoms with Gasteiger partial charge in [-0.05, 0) is 97.3 Å². The van der Waals surface area contributed by atoms with Crippen molar-refractivity contribution >= 4 is 12.9 Å². The zero-order chi connectivity index (χ0) is 27.0. The summed E-state index contributed by atoms with van der Waals surface area (Å²) in [6, 6.07) is 8.16. The van der Waals surface area contributed by atoms with E-state index in [9.17, 15) is 9.59 Å². The second-order valence-electron chi connectivity index (χ2n) is 10.5. The lowest BCUT2D eigenvalue weighted by atomic mass is 9.79. The number of ether oxygens (including phenoxy) is 1. The van der Waals surface area contributed by atoms with Gasteiger partial charge in [-0.2, -0.15) is 4.68 Å². The molecule has 202 valence electrons. The first-order valence-electron chi connectivity index (χ1n) is 13.1. The number of hydrogen-bond acceptors (Lipinski definition) is 8. The summed E-state index contributed by atoms with van der Waals surface area (Å²) in [4.78, 5) is 30.3. The quantitative estimate of drug-likeness (QED) is 0.418. The first-order chi connectivity index (χ1) is 18.4. The van der Waals surface area contributed by atoms with Crippen LogP contribution in [0.3, 0.4) is 0 Å². The van der Waals surface area contributed by atoms with Gasteiger partial charge in [-0.1, -0.05) is 18.2 Å². The Labute approximate surface area is 224 Å². The molecule has 1 amide bonds. The molecule has 10 heteroatoms. The zero-order valence-corrected chi connectivity index (χ0v) is 22.5. The second-order valence-corrected chi connectivity index (χ2v) is 10.5. The number of carbonyl (C=O) groups is 2. The second kappa shape index (κ2) is 12.7. The van der Waals surface area contributed by atoms with Crippen LogP contribution in [0.2, 0.25) is 0 Å². The molecule has 2 fully saturated rings. The first kappa shape index (κ1) is 27.4. The molecular formula is C28H37N7O3. The third-order valence-electron chi connectivity index (χ3n) is 7.77. The summed E-state index contributed by atoms with van der Waals surface area (Å²) in [7, 11) is 0. The van der Waals surface area contributed by atoms with E-state index in [2.05, 4.69) is 51.4 Å². The molecule has 1 aromatic carbocycles. The van der Waals surface area contributed by atoms with E-state index in [1.165, 1.54) is 40.5 Å². The van der Waals surface area contributed by atoms with Gasteiger partial charge in [0.05, 0.1) is 0 Å². The topological polar surface area (TPSA) is 106 Å². The van der Waals surface area contributed by atoms with Crippen molar-refractivity contribution in [2.45, 2.75) is 53.1 Å². The van der Waals surface area contributed by atoms with Crippen molar-refractivity contribution in [3.8, 4) is 5.82 Å². The maximum atomic E-state index is 11.1. The molecule has 1 spiro atoms. The largest absolute Gasteiger partial charge is 0.463 e. The predicted octanol–water partition coefficient (Wildman–Crippen LogP) is 2.83. The van der Waals surface area contributed by atoms with Crippen molar-refractivity contribution in [2.75, 3.05) is 32.7 Å². The van der Waals surface area contributed by atoms with Crippen molar-refractivity contribution in [2.24, 2.45) is 5.41 Å². The van der Waals surface area contributed by atoms with E-state index in [1.807, 2.05) is 24.0 Å². The molecule has 0 aliphatic carbocycles. The summed E-state index contributed by atoms with van der Waals surface area (Å²) in [5.41, 5.74) is 6.30. The van der Waals surface area contributed by atoms with Crippen LogP contribution in [0.25, 0.3) is 5.82 Å². The van der Waals surface area contributed by atoms with Crippen LogP contribution < -0.4 is 0 Å². The standard InChI is InChI=1S/C21H30N2O3.C7H7N5/c1-17-4-5-19(18(2)20(17)12-26-16-25)6-10-22-11-8-21(13-22)7-3-9-23(14-21)15-24;1-6-2-3-7(8-4-6)12-5-9-10-11-12/h4-5,15-16H,3,6-14H2,1-2H3;2-5H,1H3. The minimum absolute atomic E-state index is 0.310. The van der Waals surface area contributed by atoms with Gasteiger partial charge in [0.25, 0.3) is 6.47 Å². The van der Waals surface area contributed by atoms with Crippen molar-refractivity contribution in [3.63, 3.8) is 0 Å². The van der Waals surface area contributed by atoms with Gasteiger partial charge in [0.15, 0.2) is 5.82 Å². The Morgan fingerprint density at radius 1 is 1.05 bits per heavy atom. The van der Waals surface area contributed by atoms with Crippen molar-refractivity contribution in [3.05, 3.63) is 64.6 Å². The lowest BCUT2D eigenvalue weighted by Crippen LogP contribution is -2.44. The zero-order valence-electron chi connectivity index (χ0n) is 22.5. The number of pyridine rings is 1. The van der Waals surface area contributed by atoms with E-state index in [1.54, 1.807) is 6.20 Å². The molecule has 4 heterocycles. The highest BCUT2D eigenvalue weighted by molar-refractivity contribution is 5.47. The van der Waals surface area contributed by atoms with Crippen LogP contribution in [0, 0.1) is 26.2 Å². The van der Waals surface area contributed by atoms with Gasteiger partial charge in [0.2, 0.25) is 6.41 Å². The van der Waals surface area contributed by atoms with Gasteiger partial charge in [0, 0.05) is 37.8 Å². The lowest BCUT2D eigenvalue weighted by molar-refractivity contribution is -0.129. The number of aryl methyl sites for hydroxylation is 2. The highest BCUT2D eigenvalue weighted by Crippen LogP contribution is 2.38. The van der Waals surface area contributed by atoms with Crippen LogP contribution in [0.1, 0.15) is 47.1 Å². The Morgan fingerprint density at radius 3 is 2.63 bits per heavy atom. The number of hydrogen-bond donors (Lipinski definition) is 0. The third-order valence-corrected chi connectivity index (χ3v) is 7.77. The molecule has 5 rings (SSSR count). The van der Waals surface area contributed by atoms with E-state index in [0.29, 0.717) is 18.5 Å². The van der Waals surface area contributed by atoms with Gasteiger partial charge in [-0.15, -0.1) is 5.10 Å². The molecule has 0 saturated carbocycles. The number of nitrogens with zero attached hydrogens (tertiary/aromatic N) is 7. The summed E-state index contributed by atoms with van der Waals surface area (Å²) in [5, 5.41) is 10.7. The van der Waals surface area contributed by atoms with Gasteiger partial charge in [-0.25, -0.2) is 4.98 Å². The summed E-state index contributed by atoms with van der Waals surface area (Å²) < 4.78 is 6.50. The molecule has 0 bridgehead atoms. The van der Waals surface area contributed by atoms with Gasteiger partial charge >= 0.3 is 0 Å². The van der Waals surface area contributed by atoms with Gasteiger partial charge in [0.1, 0.15) is 12.9 Å². The number of likely N-dealkylation sites (tertiary alicyclic amines) is 2. The predicted molar refractivity (Wildman–Crippen MR) is 143 cm³/mol. The summed E-state index contributed by atoms with van der Waals surface area (Å²) >= 11 is 0. The molecule has 1 atom stereocenters. The van der Waals surface area contributed by atoms with Gasteiger partial charge < -0.3 is 14.5 Å². The summed E-state index contributed by atoms with van der Waals surface area (Å²) in [6.45, 7) is 12.1. The normalized spacial score (nSPS) is 19.2. The number of amides is 1. The molecule has 1 unspecified atom stereocenters. The molecule has 2 aliphatic heterocycles. The Bertz CT molecular complexity index is 1200. The maximum Gasteiger partial charge on any atom is 0.293 e. The molecule has 10 nitrogen and oxygen atoms in total. The average Bonchev–Trinajstić information content (AvgIpc) is 3.60. The van der Waals surface area contributed by atoms with E-state index >= 15 is 0 Å². The summed E-state index contributed by atoms with van der Waals surface area (Å²) in [5.74, 6) is 0.727. The number of aromatic nitrogens is 5. The maximum absolute atomic E-state index is 11.1. The Balaban J connectivity index is 0.000000232. The minimum Gasteiger partial charge on any atom is -0.463 e. The van der Waals surface area contributed by atoms with Crippen LogP contribution in [0.15, 0.2) is 36.8 Å². The molecule has 3 aromatic rings. The monoisotopic (exact) mass is 519 g/mol. The number of carbonyl (C=O) groups excluding carboxylic acids is 2. The minimum atomic E-state index is 0.310. The number of rotatable bonds is 8.